The molecule has 0 radical (unpaired) electrons. The number of aromatic nitrogens is 3. The largest absolute Gasteiger partial charge is 0.434 e. The van der Waals surface area contributed by atoms with Gasteiger partial charge >= 0.3 is 5.95 Å². The molecule has 0 amide bonds. The molecule has 0 aliphatic rings. The molecule has 1 aromatic carbocycles. The number of rotatable bonds is 4. The molecule has 0 saturated heterocycles. The molecule has 3 rings (SSSR count). The van der Waals surface area contributed by atoms with E-state index in [0.717, 1.165) is 12.1 Å². The summed E-state index contributed by atoms with van der Waals surface area (Å²) in [6, 6.07) is 4.84. The highest BCUT2D eigenvalue weighted by atomic mass is 19.2. The van der Waals surface area contributed by atoms with E-state index in [2.05, 4.69) is 10.1 Å². The van der Waals surface area contributed by atoms with Crippen molar-refractivity contribution in [2.24, 2.45) is 0 Å². The van der Waals surface area contributed by atoms with Crippen molar-refractivity contribution in [2.75, 3.05) is 0 Å². The molecule has 0 aliphatic carbocycles. The SMILES string of the molecule is O=[N+]([O-])c1nccn1Cc1cc(-c2ccc(F)c(F)c2)no1. The van der Waals surface area contributed by atoms with Crippen molar-refractivity contribution in [3.63, 3.8) is 0 Å². The highest BCUT2D eigenvalue weighted by molar-refractivity contribution is 5.58. The molecule has 3 aromatic rings. The van der Waals surface area contributed by atoms with Crippen LogP contribution in [0.2, 0.25) is 0 Å². The average Bonchev–Trinajstić information content (AvgIpc) is 3.11. The van der Waals surface area contributed by atoms with Crippen LogP contribution in [0.4, 0.5) is 14.7 Å². The lowest BCUT2D eigenvalue weighted by Crippen LogP contribution is -2.03. The van der Waals surface area contributed by atoms with Crippen LogP contribution in [-0.4, -0.2) is 19.6 Å². The first kappa shape index (κ1) is 13.9. The summed E-state index contributed by atoms with van der Waals surface area (Å²) in [5.74, 6) is -1.96. The summed E-state index contributed by atoms with van der Waals surface area (Å²) < 4.78 is 32.4. The standard InChI is InChI=1S/C13H8F2N4O3/c14-10-2-1-8(5-11(10)15)12-6-9(22-17-12)7-18-4-3-16-13(18)19(20)21/h1-6H,7H2. The maximum Gasteiger partial charge on any atom is 0.434 e. The lowest BCUT2D eigenvalue weighted by Gasteiger charge is -1.97. The molecular formula is C13H8F2N4O3. The molecule has 0 N–H and O–H groups in total. The number of hydrogen-bond donors (Lipinski definition) is 0. The van der Waals surface area contributed by atoms with Crippen molar-refractivity contribution in [3.05, 3.63) is 64.2 Å². The second-order valence-corrected chi connectivity index (χ2v) is 4.42. The summed E-state index contributed by atoms with van der Waals surface area (Å²) in [6.45, 7) is 0.0486. The van der Waals surface area contributed by atoms with Gasteiger partial charge in [-0.05, 0) is 23.1 Å². The zero-order valence-electron chi connectivity index (χ0n) is 10.9. The van der Waals surface area contributed by atoms with E-state index in [4.69, 9.17) is 4.52 Å². The van der Waals surface area contributed by atoms with Gasteiger partial charge in [0.2, 0.25) is 0 Å². The summed E-state index contributed by atoms with van der Waals surface area (Å²) in [6.07, 6.45) is 2.72. The van der Waals surface area contributed by atoms with Crippen molar-refractivity contribution >= 4 is 5.95 Å². The Hall–Kier alpha value is -3.10. The van der Waals surface area contributed by atoms with Crippen LogP contribution in [-0.2, 0) is 6.54 Å². The fraction of sp³-hybridized carbons (Fsp3) is 0.0769. The zero-order valence-corrected chi connectivity index (χ0v) is 10.9. The fourth-order valence-corrected chi connectivity index (χ4v) is 1.94. The summed E-state index contributed by atoms with van der Waals surface area (Å²) in [5.41, 5.74) is 0.644. The Labute approximate surface area is 121 Å². The van der Waals surface area contributed by atoms with E-state index in [-0.39, 0.29) is 12.5 Å². The lowest BCUT2D eigenvalue weighted by molar-refractivity contribution is -0.396. The van der Waals surface area contributed by atoms with Gasteiger partial charge in [-0.2, -0.15) is 0 Å². The third-order valence-electron chi connectivity index (χ3n) is 2.96. The minimum Gasteiger partial charge on any atom is -0.390 e. The monoisotopic (exact) mass is 306 g/mol. The van der Waals surface area contributed by atoms with Crippen LogP contribution in [0.5, 0.6) is 0 Å². The number of hydrogen-bond acceptors (Lipinski definition) is 5. The molecule has 0 bridgehead atoms. The predicted octanol–water partition coefficient (Wildman–Crippen LogP) is 2.77. The number of benzene rings is 1. The van der Waals surface area contributed by atoms with Crippen LogP contribution in [0.1, 0.15) is 5.76 Å². The summed E-state index contributed by atoms with van der Waals surface area (Å²) in [7, 11) is 0. The Balaban J connectivity index is 1.86. The van der Waals surface area contributed by atoms with E-state index in [1.165, 1.54) is 29.1 Å². The van der Waals surface area contributed by atoms with Gasteiger partial charge in [0.1, 0.15) is 24.6 Å². The minimum absolute atomic E-state index is 0.0486. The number of nitro groups is 1. The highest BCUT2D eigenvalue weighted by Gasteiger charge is 2.17. The molecule has 0 saturated carbocycles. The minimum atomic E-state index is -0.993. The Morgan fingerprint density at radius 2 is 2.09 bits per heavy atom. The van der Waals surface area contributed by atoms with Crippen molar-refractivity contribution < 1.29 is 18.2 Å². The normalized spacial score (nSPS) is 10.8. The molecule has 0 unspecified atom stereocenters. The smallest absolute Gasteiger partial charge is 0.390 e. The van der Waals surface area contributed by atoms with Gasteiger partial charge in [0.05, 0.1) is 0 Å². The van der Waals surface area contributed by atoms with E-state index < -0.39 is 16.6 Å². The number of nitrogens with zero attached hydrogens (tertiary/aromatic N) is 4. The van der Waals surface area contributed by atoms with Gasteiger partial charge in [-0.3, -0.25) is 0 Å². The first-order chi connectivity index (χ1) is 10.5. The van der Waals surface area contributed by atoms with E-state index in [1.807, 2.05) is 0 Å². The van der Waals surface area contributed by atoms with Gasteiger partial charge < -0.3 is 14.6 Å². The van der Waals surface area contributed by atoms with Gasteiger partial charge in [0, 0.05) is 11.6 Å². The molecular weight excluding hydrogens is 298 g/mol. The Bertz CT molecular complexity index is 843. The van der Waals surface area contributed by atoms with Crippen LogP contribution in [0.25, 0.3) is 11.3 Å². The van der Waals surface area contributed by atoms with Crippen LogP contribution in [0.15, 0.2) is 41.2 Å². The molecule has 9 heteroatoms. The third kappa shape index (κ3) is 2.55. The number of halogens is 2. The fourth-order valence-electron chi connectivity index (χ4n) is 1.94. The van der Waals surface area contributed by atoms with Gasteiger partial charge in [-0.1, -0.05) is 10.1 Å². The lowest BCUT2D eigenvalue weighted by atomic mass is 10.1. The Morgan fingerprint density at radius 3 is 2.82 bits per heavy atom. The Kier molecular flexibility index (Phi) is 3.37. The van der Waals surface area contributed by atoms with Crippen molar-refractivity contribution in [2.45, 2.75) is 6.54 Å². The molecule has 2 heterocycles. The topological polar surface area (TPSA) is 87.0 Å². The van der Waals surface area contributed by atoms with E-state index >= 15 is 0 Å². The van der Waals surface area contributed by atoms with Crippen LogP contribution in [0.3, 0.4) is 0 Å². The first-order valence-corrected chi connectivity index (χ1v) is 6.11. The Morgan fingerprint density at radius 1 is 1.27 bits per heavy atom. The zero-order chi connectivity index (χ0) is 15.7. The van der Waals surface area contributed by atoms with Gasteiger partial charge in [-0.25, -0.2) is 13.3 Å². The maximum absolute atomic E-state index is 13.2. The molecule has 112 valence electrons. The molecule has 2 aromatic heterocycles. The van der Waals surface area contributed by atoms with Crippen LogP contribution in [0, 0.1) is 21.7 Å². The van der Waals surface area contributed by atoms with Crippen LogP contribution < -0.4 is 0 Å². The maximum atomic E-state index is 13.2. The van der Waals surface area contributed by atoms with E-state index in [1.54, 1.807) is 0 Å². The first-order valence-electron chi connectivity index (χ1n) is 6.11. The molecule has 0 aliphatic heterocycles. The quantitative estimate of drug-likeness (QED) is 0.546. The highest BCUT2D eigenvalue weighted by Crippen LogP contribution is 2.22. The van der Waals surface area contributed by atoms with Gasteiger partial charge in [0.15, 0.2) is 17.4 Å². The van der Waals surface area contributed by atoms with Crippen molar-refractivity contribution in [1.29, 1.82) is 0 Å². The van der Waals surface area contributed by atoms with E-state index in [0.29, 0.717) is 17.0 Å². The molecule has 0 atom stereocenters. The molecule has 22 heavy (non-hydrogen) atoms. The summed E-state index contributed by atoms with van der Waals surface area (Å²) >= 11 is 0. The van der Waals surface area contributed by atoms with Crippen molar-refractivity contribution in [1.82, 2.24) is 14.7 Å². The third-order valence-corrected chi connectivity index (χ3v) is 2.96. The summed E-state index contributed by atoms with van der Waals surface area (Å²) in [5, 5.41) is 14.5. The summed E-state index contributed by atoms with van der Waals surface area (Å²) in [4.78, 5) is 13.8. The number of imidazole rings is 1. The van der Waals surface area contributed by atoms with Gasteiger partial charge in [0.25, 0.3) is 0 Å². The van der Waals surface area contributed by atoms with Gasteiger partial charge in [-0.15, -0.1) is 0 Å². The van der Waals surface area contributed by atoms with E-state index in [9.17, 15) is 18.9 Å². The molecule has 7 nitrogen and oxygen atoms in total. The average molecular weight is 306 g/mol. The predicted molar refractivity (Wildman–Crippen MR) is 69.8 cm³/mol. The molecule has 0 spiro atoms. The second kappa shape index (κ2) is 5.35. The van der Waals surface area contributed by atoms with Crippen LogP contribution >= 0.6 is 0 Å². The second-order valence-electron chi connectivity index (χ2n) is 4.42. The van der Waals surface area contributed by atoms with Crippen molar-refractivity contribution in [3.8, 4) is 11.3 Å². The molecule has 0 fully saturated rings.